The van der Waals surface area contributed by atoms with E-state index in [0.29, 0.717) is 21.8 Å². The number of imide groups is 1. The summed E-state index contributed by atoms with van der Waals surface area (Å²) in [6.07, 6.45) is 5.10. The largest absolute Gasteiger partial charge is 0.588 e. The van der Waals surface area contributed by atoms with Gasteiger partial charge in [0.05, 0.1) is 28.7 Å². The Bertz CT molecular complexity index is 1230. The predicted molar refractivity (Wildman–Crippen MR) is 129 cm³/mol. The first-order valence-corrected chi connectivity index (χ1v) is 12.2. The minimum Gasteiger partial charge on any atom is -0.588 e. The molecule has 1 aromatic heterocycles. The van der Waals surface area contributed by atoms with Crippen molar-refractivity contribution in [2.75, 3.05) is 9.62 Å². The molecular formula is C26H25N3O3S. The zero-order valence-electron chi connectivity index (χ0n) is 18.8. The monoisotopic (exact) mass is 459 g/mol. The van der Waals surface area contributed by atoms with Crippen LogP contribution >= 0.6 is 0 Å². The van der Waals surface area contributed by atoms with Gasteiger partial charge in [0.15, 0.2) is 4.90 Å². The third-order valence-electron chi connectivity index (χ3n) is 6.13. The summed E-state index contributed by atoms with van der Waals surface area (Å²) in [5.41, 5.74) is 3.55. The third-order valence-corrected chi connectivity index (χ3v) is 7.24. The summed E-state index contributed by atoms with van der Waals surface area (Å²) in [6, 6.07) is 14.6. The van der Waals surface area contributed by atoms with E-state index in [0.717, 1.165) is 28.9 Å². The van der Waals surface area contributed by atoms with Crippen molar-refractivity contribution in [3.8, 4) is 0 Å². The van der Waals surface area contributed by atoms with Gasteiger partial charge >= 0.3 is 0 Å². The van der Waals surface area contributed by atoms with Crippen LogP contribution in [0.15, 0.2) is 65.8 Å². The number of carbonyl (C=O) groups is 2. The van der Waals surface area contributed by atoms with Gasteiger partial charge in [-0.25, -0.2) is 9.62 Å². The average molecular weight is 460 g/mol. The van der Waals surface area contributed by atoms with Crippen LogP contribution in [-0.2, 0) is 16.8 Å². The van der Waals surface area contributed by atoms with Crippen molar-refractivity contribution in [2.24, 2.45) is 0 Å². The molecule has 2 heterocycles. The van der Waals surface area contributed by atoms with Crippen LogP contribution in [0.1, 0.15) is 71.4 Å². The molecule has 2 amide bonds. The molecule has 1 aliphatic heterocycles. The Balaban J connectivity index is 1.51. The molecule has 33 heavy (non-hydrogen) atoms. The van der Waals surface area contributed by atoms with Crippen LogP contribution < -0.4 is 9.62 Å². The van der Waals surface area contributed by atoms with E-state index in [1.54, 1.807) is 24.4 Å². The Morgan fingerprint density at radius 1 is 1.00 bits per heavy atom. The Labute approximate surface area is 196 Å². The second-order valence-electron chi connectivity index (χ2n) is 9.53. The van der Waals surface area contributed by atoms with E-state index in [2.05, 4.69) is 30.5 Å². The number of benzene rings is 2. The highest BCUT2D eigenvalue weighted by molar-refractivity contribution is 7.92. The minimum absolute atomic E-state index is 0.00451. The number of anilines is 2. The molecule has 1 unspecified atom stereocenters. The van der Waals surface area contributed by atoms with Gasteiger partial charge < -0.3 is 4.55 Å². The lowest BCUT2D eigenvalue weighted by Crippen LogP contribution is -2.29. The fourth-order valence-corrected chi connectivity index (χ4v) is 5.04. The van der Waals surface area contributed by atoms with Crippen molar-refractivity contribution >= 4 is 34.6 Å². The maximum absolute atomic E-state index is 13.4. The van der Waals surface area contributed by atoms with Crippen LogP contribution in [0.5, 0.6) is 0 Å². The molecule has 0 radical (unpaired) electrons. The highest BCUT2D eigenvalue weighted by atomic mass is 32.2. The molecule has 168 valence electrons. The highest BCUT2D eigenvalue weighted by Gasteiger charge is 2.43. The number of aromatic nitrogens is 1. The summed E-state index contributed by atoms with van der Waals surface area (Å²) in [5, 5.41) is 0. The normalized spacial score (nSPS) is 16.7. The van der Waals surface area contributed by atoms with Gasteiger partial charge in [-0.05, 0) is 65.6 Å². The van der Waals surface area contributed by atoms with E-state index in [1.165, 1.54) is 6.20 Å². The van der Waals surface area contributed by atoms with E-state index < -0.39 is 17.3 Å². The number of nitrogens with one attached hydrogen (secondary N) is 1. The molecule has 0 bridgehead atoms. The molecular weight excluding hydrogens is 434 g/mol. The number of hydrogen-bond donors (Lipinski definition) is 1. The van der Waals surface area contributed by atoms with Crippen molar-refractivity contribution in [3.05, 3.63) is 83.2 Å². The molecule has 0 saturated heterocycles. The fraction of sp³-hybridized carbons (Fsp3) is 0.269. The summed E-state index contributed by atoms with van der Waals surface area (Å²) >= 11 is -1.59. The first-order valence-electron chi connectivity index (χ1n) is 11.0. The Hall–Kier alpha value is -3.16. The van der Waals surface area contributed by atoms with Crippen molar-refractivity contribution in [2.45, 2.75) is 49.8 Å². The number of amides is 2. The van der Waals surface area contributed by atoms with Crippen LogP contribution in [-0.4, -0.2) is 21.4 Å². The van der Waals surface area contributed by atoms with E-state index in [1.807, 2.05) is 30.3 Å². The topological polar surface area (TPSA) is 85.4 Å². The summed E-state index contributed by atoms with van der Waals surface area (Å²) in [4.78, 5) is 32.6. The Kier molecular flexibility index (Phi) is 5.26. The van der Waals surface area contributed by atoms with Crippen molar-refractivity contribution in [1.29, 1.82) is 0 Å². The van der Waals surface area contributed by atoms with Gasteiger partial charge in [0, 0.05) is 6.20 Å². The van der Waals surface area contributed by atoms with E-state index >= 15 is 0 Å². The average Bonchev–Trinajstić information content (AvgIpc) is 3.60. The zero-order valence-corrected chi connectivity index (χ0v) is 19.6. The van der Waals surface area contributed by atoms with Gasteiger partial charge in [0.2, 0.25) is 0 Å². The lowest BCUT2D eigenvalue weighted by atomic mass is 9.87. The second kappa shape index (κ2) is 8.01. The van der Waals surface area contributed by atoms with Crippen molar-refractivity contribution in [1.82, 2.24) is 4.98 Å². The molecule has 6 nitrogen and oxygen atoms in total. The van der Waals surface area contributed by atoms with Gasteiger partial charge in [-0.1, -0.05) is 39.0 Å². The van der Waals surface area contributed by atoms with Crippen LogP contribution in [0.25, 0.3) is 0 Å². The van der Waals surface area contributed by atoms with Gasteiger partial charge in [-0.15, -0.1) is 0 Å². The smallest absolute Gasteiger partial charge is 0.268 e. The maximum atomic E-state index is 13.4. The van der Waals surface area contributed by atoms with Gasteiger partial charge in [0.25, 0.3) is 11.8 Å². The fourth-order valence-electron chi connectivity index (χ4n) is 4.16. The Morgan fingerprint density at radius 2 is 1.70 bits per heavy atom. The van der Waals surface area contributed by atoms with Crippen molar-refractivity contribution < 1.29 is 14.1 Å². The molecule has 1 atom stereocenters. The lowest BCUT2D eigenvalue weighted by molar-refractivity contribution is 0.0926. The third kappa shape index (κ3) is 3.92. The summed E-state index contributed by atoms with van der Waals surface area (Å²) in [6.45, 7) is 6.37. The zero-order chi connectivity index (χ0) is 23.3. The molecule has 1 fully saturated rings. The first kappa shape index (κ1) is 21.7. The minimum atomic E-state index is -1.59. The number of fused-ring (bicyclic) bond motifs is 1. The molecule has 2 aromatic carbocycles. The Morgan fingerprint density at radius 3 is 2.30 bits per heavy atom. The number of hydrogen-bond acceptors (Lipinski definition) is 5. The molecule has 7 heteroatoms. The highest BCUT2D eigenvalue weighted by Crippen LogP contribution is 2.46. The second-order valence-corrected chi connectivity index (χ2v) is 10.7. The number of carbonyl (C=O) groups excluding carboxylic acids is 2. The van der Waals surface area contributed by atoms with Crippen LogP contribution in [0.4, 0.5) is 11.4 Å². The number of rotatable bonds is 5. The molecule has 3 aromatic rings. The standard InChI is InChI=1S/C26H25N3O3S/c1-26(2,3)17-8-10-19(11-9-17)33(32)28-21-13-12-20(16-6-7-16)22-23(21)25(31)29(24(22)30)18-5-4-14-27-15-18/h4-5,8-16,28H,6-7H2,1-3H3. The molecule has 1 aliphatic carbocycles. The lowest BCUT2D eigenvalue weighted by Gasteiger charge is -2.19. The summed E-state index contributed by atoms with van der Waals surface area (Å²) in [5.74, 6) is -0.490. The molecule has 2 aliphatic rings. The maximum Gasteiger partial charge on any atom is 0.268 e. The summed E-state index contributed by atoms with van der Waals surface area (Å²) < 4.78 is 16.1. The quantitative estimate of drug-likeness (QED) is 0.419. The summed E-state index contributed by atoms with van der Waals surface area (Å²) in [7, 11) is 0. The van der Waals surface area contributed by atoms with E-state index in [-0.39, 0.29) is 22.8 Å². The van der Waals surface area contributed by atoms with Crippen LogP contribution in [0.3, 0.4) is 0 Å². The van der Waals surface area contributed by atoms with Gasteiger partial charge in [-0.2, -0.15) is 0 Å². The molecule has 0 spiro atoms. The molecule has 1 N–H and O–H groups in total. The SMILES string of the molecule is CC(C)(C)c1ccc([S+]([O-])Nc2ccc(C3CC3)c3c2C(=O)N(c2cccnc2)C3=O)cc1. The van der Waals surface area contributed by atoms with Crippen LogP contribution in [0, 0.1) is 0 Å². The van der Waals surface area contributed by atoms with Crippen LogP contribution in [0.2, 0.25) is 0 Å². The van der Waals surface area contributed by atoms with E-state index in [4.69, 9.17) is 0 Å². The van der Waals surface area contributed by atoms with Crippen molar-refractivity contribution in [3.63, 3.8) is 0 Å². The number of nitrogens with zero attached hydrogens (tertiary/aromatic N) is 2. The first-order chi connectivity index (χ1) is 15.8. The van der Waals surface area contributed by atoms with E-state index in [9.17, 15) is 14.1 Å². The predicted octanol–water partition coefficient (Wildman–Crippen LogP) is 5.19. The molecule has 1 saturated carbocycles. The van der Waals surface area contributed by atoms with Gasteiger partial charge in [0.1, 0.15) is 11.4 Å². The molecule has 5 rings (SSSR count). The number of pyridine rings is 1. The van der Waals surface area contributed by atoms with Gasteiger partial charge in [-0.3, -0.25) is 14.6 Å².